The molecule has 94 valence electrons. The minimum absolute atomic E-state index is 0.120. The molecule has 0 radical (unpaired) electrons. The fourth-order valence-corrected chi connectivity index (χ4v) is 3.22. The maximum Gasteiger partial charge on any atom is 0.306 e. The van der Waals surface area contributed by atoms with E-state index in [9.17, 15) is 4.79 Å². The Balaban J connectivity index is 1.80. The molecule has 4 heteroatoms. The number of aliphatic carboxylic acids is 1. The Kier molecular flexibility index (Phi) is 4.18. The number of carboxylic acids is 1. The van der Waals surface area contributed by atoms with Gasteiger partial charge in [-0.2, -0.15) is 0 Å². The molecule has 0 amide bonds. The van der Waals surface area contributed by atoms with Crippen molar-refractivity contribution in [1.82, 2.24) is 5.32 Å². The first-order chi connectivity index (χ1) is 8.16. The van der Waals surface area contributed by atoms with Gasteiger partial charge in [-0.25, -0.2) is 0 Å². The predicted octanol–water partition coefficient (Wildman–Crippen LogP) is 3.04. The third-order valence-electron chi connectivity index (χ3n) is 3.53. The van der Waals surface area contributed by atoms with Gasteiger partial charge in [0.05, 0.1) is 5.92 Å². The lowest BCUT2D eigenvalue weighted by Crippen LogP contribution is -2.36. The number of hydrogen-bond donors (Lipinski definition) is 2. The van der Waals surface area contributed by atoms with Crippen LogP contribution in [0.5, 0.6) is 0 Å². The third kappa shape index (κ3) is 3.30. The summed E-state index contributed by atoms with van der Waals surface area (Å²) in [7, 11) is 0. The highest BCUT2D eigenvalue weighted by Gasteiger charge is 2.26. The Labute approximate surface area is 106 Å². The minimum atomic E-state index is -0.630. The molecule has 1 saturated carbocycles. The Morgan fingerprint density at radius 1 is 1.47 bits per heavy atom. The van der Waals surface area contributed by atoms with Gasteiger partial charge in [-0.1, -0.05) is 6.07 Å². The van der Waals surface area contributed by atoms with Gasteiger partial charge in [-0.3, -0.25) is 4.79 Å². The molecular weight excluding hydrogens is 234 g/mol. The van der Waals surface area contributed by atoms with E-state index in [0.717, 1.165) is 25.7 Å². The Morgan fingerprint density at radius 3 is 2.71 bits per heavy atom. The van der Waals surface area contributed by atoms with E-state index in [0.29, 0.717) is 12.1 Å². The van der Waals surface area contributed by atoms with Crippen LogP contribution in [0.15, 0.2) is 17.5 Å². The van der Waals surface area contributed by atoms with Gasteiger partial charge in [0.2, 0.25) is 0 Å². The molecule has 3 nitrogen and oxygen atoms in total. The summed E-state index contributed by atoms with van der Waals surface area (Å²) in [6.07, 6.45) is 3.58. The van der Waals surface area contributed by atoms with Crippen LogP contribution in [0.3, 0.4) is 0 Å². The number of rotatable bonds is 4. The SMILES string of the molecule is CC(NC1CCC(C(=O)O)CC1)c1cccs1. The topological polar surface area (TPSA) is 49.3 Å². The number of thiophene rings is 1. The van der Waals surface area contributed by atoms with Crippen LogP contribution < -0.4 is 5.32 Å². The van der Waals surface area contributed by atoms with E-state index in [1.165, 1.54) is 4.88 Å². The maximum atomic E-state index is 10.9. The Hall–Kier alpha value is -0.870. The van der Waals surface area contributed by atoms with E-state index < -0.39 is 5.97 Å². The number of carboxylic acid groups (broad SMARTS) is 1. The summed E-state index contributed by atoms with van der Waals surface area (Å²) in [5.74, 6) is -0.750. The van der Waals surface area contributed by atoms with Crippen molar-refractivity contribution in [1.29, 1.82) is 0 Å². The summed E-state index contributed by atoms with van der Waals surface area (Å²) < 4.78 is 0. The summed E-state index contributed by atoms with van der Waals surface area (Å²) in [6.45, 7) is 2.18. The predicted molar refractivity (Wildman–Crippen MR) is 69.3 cm³/mol. The van der Waals surface area contributed by atoms with Crippen molar-refractivity contribution in [3.63, 3.8) is 0 Å². The lowest BCUT2D eigenvalue weighted by atomic mass is 9.86. The summed E-state index contributed by atoms with van der Waals surface area (Å²) >= 11 is 1.77. The van der Waals surface area contributed by atoms with E-state index >= 15 is 0 Å². The second-order valence-corrected chi connectivity index (χ2v) is 5.77. The van der Waals surface area contributed by atoms with Crippen LogP contribution in [-0.4, -0.2) is 17.1 Å². The Bertz CT molecular complexity index is 356. The van der Waals surface area contributed by atoms with Crippen molar-refractivity contribution in [3.8, 4) is 0 Å². The molecule has 17 heavy (non-hydrogen) atoms. The standard InChI is InChI=1S/C13H19NO2S/c1-9(12-3-2-8-17-12)14-11-6-4-10(5-7-11)13(15)16/h2-3,8-11,14H,4-7H2,1H3,(H,15,16). The van der Waals surface area contributed by atoms with Crippen LogP contribution in [0, 0.1) is 5.92 Å². The molecule has 0 aromatic carbocycles. The monoisotopic (exact) mass is 253 g/mol. The van der Waals surface area contributed by atoms with E-state index in [-0.39, 0.29) is 5.92 Å². The average Bonchev–Trinajstić information content (AvgIpc) is 2.83. The lowest BCUT2D eigenvalue weighted by molar-refractivity contribution is -0.142. The molecule has 0 aliphatic heterocycles. The van der Waals surface area contributed by atoms with Crippen LogP contribution in [0.2, 0.25) is 0 Å². The second-order valence-electron chi connectivity index (χ2n) is 4.79. The van der Waals surface area contributed by atoms with E-state index in [2.05, 4.69) is 29.8 Å². The molecule has 0 saturated heterocycles. The molecule has 0 spiro atoms. The van der Waals surface area contributed by atoms with Gasteiger partial charge in [0, 0.05) is 17.0 Å². The highest BCUT2D eigenvalue weighted by molar-refractivity contribution is 7.10. The average molecular weight is 253 g/mol. The Morgan fingerprint density at radius 2 is 2.18 bits per heavy atom. The van der Waals surface area contributed by atoms with Gasteiger partial charge >= 0.3 is 5.97 Å². The summed E-state index contributed by atoms with van der Waals surface area (Å²) in [4.78, 5) is 12.2. The molecule has 1 aliphatic carbocycles. The van der Waals surface area contributed by atoms with Crippen molar-refractivity contribution in [2.45, 2.75) is 44.7 Å². The second kappa shape index (κ2) is 5.65. The largest absolute Gasteiger partial charge is 0.481 e. The zero-order valence-corrected chi connectivity index (χ0v) is 10.9. The maximum absolute atomic E-state index is 10.9. The lowest BCUT2D eigenvalue weighted by Gasteiger charge is -2.29. The van der Waals surface area contributed by atoms with Crippen LogP contribution in [0.25, 0.3) is 0 Å². The molecule has 1 unspecified atom stereocenters. The summed E-state index contributed by atoms with van der Waals surface area (Å²) in [6, 6.07) is 5.06. The molecular formula is C13H19NO2S. The van der Waals surface area contributed by atoms with Crippen LogP contribution in [0.1, 0.15) is 43.5 Å². The number of hydrogen-bond acceptors (Lipinski definition) is 3. The van der Waals surface area contributed by atoms with E-state index in [1.807, 2.05) is 0 Å². The first-order valence-electron chi connectivity index (χ1n) is 6.19. The normalized spacial score (nSPS) is 26.6. The minimum Gasteiger partial charge on any atom is -0.481 e. The first-order valence-corrected chi connectivity index (χ1v) is 7.07. The van der Waals surface area contributed by atoms with Gasteiger partial charge in [0.1, 0.15) is 0 Å². The fraction of sp³-hybridized carbons (Fsp3) is 0.615. The van der Waals surface area contributed by atoms with E-state index in [1.54, 1.807) is 11.3 Å². The molecule has 2 N–H and O–H groups in total. The molecule has 1 heterocycles. The molecule has 2 rings (SSSR count). The quantitative estimate of drug-likeness (QED) is 0.867. The van der Waals surface area contributed by atoms with Gasteiger partial charge in [0.15, 0.2) is 0 Å². The van der Waals surface area contributed by atoms with Gasteiger partial charge in [-0.15, -0.1) is 11.3 Å². The zero-order valence-electron chi connectivity index (χ0n) is 10.1. The summed E-state index contributed by atoms with van der Waals surface area (Å²) in [5, 5.41) is 14.6. The van der Waals surface area contributed by atoms with Crippen molar-refractivity contribution in [2.24, 2.45) is 5.92 Å². The van der Waals surface area contributed by atoms with Crippen LogP contribution in [-0.2, 0) is 4.79 Å². The van der Waals surface area contributed by atoms with Crippen molar-refractivity contribution in [3.05, 3.63) is 22.4 Å². The molecule has 0 bridgehead atoms. The van der Waals surface area contributed by atoms with Gasteiger partial charge < -0.3 is 10.4 Å². The van der Waals surface area contributed by atoms with Crippen molar-refractivity contribution in [2.75, 3.05) is 0 Å². The fourth-order valence-electron chi connectivity index (χ4n) is 2.48. The summed E-state index contributed by atoms with van der Waals surface area (Å²) in [5.41, 5.74) is 0. The molecule has 1 aromatic heterocycles. The van der Waals surface area contributed by atoms with Crippen molar-refractivity contribution < 1.29 is 9.90 Å². The molecule has 1 fully saturated rings. The highest BCUT2D eigenvalue weighted by atomic mass is 32.1. The van der Waals surface area contributed by atoms with E-state index in [4.69, 9.17) is 5.11 Å². The molecule has 1 aliphatic rings. The van der Waals surface area contributed by atoms with Crippen LogP contribution >= 0.6 is 11.3 Å². The first kappa shape index (κ1) is 12.6. The smallest absolute Gasteiger partial charge is 0.306 e. The van der Waals surface area contributed by atoms with Crippen molar-refractivity contribution >= 4 is 17.3 Å². The van der Waals surface area contributed by atoms with Gasteiger partial charge in [0.25, 0.3) is 0 Å². The highest BCUT2D eigenvalue weighted by Crippen LogP contribution is 2.27. The van der Waals surface area contributed by atoms with Gasteiger partial charge in [-0.05, 0) is 44.1 Å². The molecule has 1 atom stereocenters. The molecule has 1 aromatic rings. The van der Waals surface area contributed by atoms with Crippen LogP contribution in [0.4, 0.5) is 0 Å². The zero-order chi connectivity index (χ0) is 12.3. The number of nitrogens with one attached hydrogen (secondary N) is 1. The number of carbonyl (C=O) groups is 1. The third-order valence-corrected chi connectivity index (χ3v) is 4.59.